The number of nitriles is 4. The second-order valence-electron chi connectivity index (χ2n) is 4.01. The van der Waals surface area contributed by atoms with Crippen molar-refractivity contribution in [3.8, 4) is 24.3 Å². The highest BCUT2D eigenvalue weighted by molar-refractivity contribution is 7.18. The predicted octanol–water partition coefficient (Wildman–Crippen LogP) is 1.30. The molecule has 0 bridgehead atoms. The van der Waals surface area contributed by atoms with Crippen molar-refractivity contribution >= 4 is 54.3 Å². The zero-order valence-electron chi connectivity index (χ0n) is 10.7. The molecule has 1 aromatic carbocycles. The fourth-order valence-corrected chi connectivity index (χ4v) is 3.85. The number of aromatic nitrogens is 2. The van der Waals surface area contributed by atoms with Gasteiger partial charge in [-0.05, 0) is 0 Å². The molecule has 0 N–H and O–H groups in total. The maximum absolute atomic E-state index is 9.18. The van der Waals surface area contributed by atoms with Gasteiger partial charge in [0.15, 0.2) is 0 Å². The van der Waals surface area contributed by atoms with Crippen LogP contribution >= 0.6 is 22.7 Å². The summed E-state index contributed by atoms with van der Waals surface area (Å²) >= 11 is 2.48. The van der Waals surface area contributed by atoms with Gasteiger partial charge in [0.2, 0.25) is 0 Å². The van der Waals surface area contributed by atoms with Gasteiger partial charge in [-0.25, -0.2) is 9.97 Å². The van der Waals surface area contributed by atoms with Crippen molar-refractivity contribution in [1.29, 1.82) is 21.0 Å². The van der Waals surface area contributed by atoms with Crippen molar-refractivity contribution in [3.63, 3.8) is 0 Å². The van der Waals surface area contributed by atoms with Gasteiger partial charge in [0, 0.05) is 10.4 Å². The quantitative estimate of drug-likeness (QED) is 0.616. The summed E-state index contributed by atoms with van der Waals surface area (Å²) in [6, 6.07) is 7.48. The van der Waals surface area contributed by atoms with Crippen LogP contribution < -0.4 is 10.4 Å². The van der Waals surface area contributed by atoms with Gasteiger partial charge in [0.05, 0.1) is 31.5 Å². The van der Waals surface area contributed by atoms with Crippen LogP contribution in [0.25, 0.3) is 31.6 Å². The summed E-state index contributed by atoms with van der Waals surface area (Å²) in [6.07, 6.45) is 0. The van der Waals surface area contributed by atoms with E-state index in [0.29, 0.717) is 30.9 Å². The summed E-state index contributed by atoms with van der Waals surface area (Å²) in [5, 5.41) is 37.6. The van der Waals surface area contributed by atoms with E-state index >= 15 is 0 Å². The molecule has 22 heavy (non-hydrogen) atoms. The van der Waals surface area contributed by atoms with Gasteiger partial charge in [-0.15, -0.1) is 22.7 Å². The number of hydrogen-bond donors (Lipinski definition) is 0. The zero-order valence-corrected chi connectivity index (χ0v) is 12.3. The summed E-state index contributed by atoms with van der Waals surface area (Å²) in [5.41, 5.74) is 3.87. The number of fused-ring (bicyclic) bond motifs is 2. The summed E-state index contributed by atoms with van der Waals surface area (Å²) in [5.74, 6) is 0. The molecule has 0 fully saturated rings. The Morgan fingerprint density at radius 1 is 0.727 bits per heavy atom. The predicted molar refractivity (Wildman–Crippen MR) is 81.3 cm³/mol. The molecule has 100 valence electrons. The van der Waals surface area contributed by atoms with Gasteiger partial charge in [-0.2, -0.15) is 21.0 Å². The highest BCUT2D eigenvalue weighted by atomic mass is 32.1. The fourth-order valence-electron chi connectivity index (χ4n) is 2.16. The van der Waals surface area contributed by atoms with Crippen LogP contribution in [0.4, 0.5) is 0 Å². The van der Waals surface area contributed by atoms with E-state index in [2.05, 4.69) is 9.97 Å². The van der Waals surface area contributed by atoms with Crippen LogP contribution in [-0.4, -0.2) is 9.97 Å². The van der Waals surface area contributed by atoms with E-state index in [1.807, 2.05) is 24.3 Å². The lowest BCUT2D eigenvalue weighted by molar-refractivity contribution is 1.44. The molecule has 3 rings (SSSR count). The van der Waals surface area contributed by atoms with E-state index in [1.54, 1.807) is 11.0 Å². The van der Waals surface area contributed by atoms with E-state index in [4.69, 9.17) is 0 Å². The average molecular weight is 318 g/mol. The minimum atomic E-state index is -0.0628. The topological polar surface area (TPSA) is 121 Å². The minimum Gasteiger partial charge on any atom is -0.244 e. The highest BCUT2D eigenvalue weighted by Crippen LogP contribution is 2.20. The molecule has 0 atom stereocenters. The molecule has 8 heteroatoms. The van der Waals surface area contributed by atoms with E-state index in [0.717, 1.165) is 0 Å². The van der Waals surface area contributed by atoms with E-state index in [9.17, 15) is 21.0 Å². The van der Waals surface area contributed by atoms with Crippen molar-refractivity contribution in [2.75, 3.05) is 0 Å². The first-order valence-corrected chi connectivity index (χ1v) is 7.50. The molecule has 0 saturated heterocycles. The SMILES string of the molecule is N#CC(C#N)=c1c2ncsc2c(=C(C#N)C#N)c2ncsc12. The van der Waals surface area contributed by atoms with Crippen LogP contribution in [-0.2, 0) is 0 Å². The molecule has 0 spiro atoms. The summed E-state index contributed by atoms with van der Waals surface area (Å²) in [4.78, 5) is 8.44. The Labute approximate surface area is 131 Å². The van der Waals surface area contributed by atoms with Gasteiger partial charge in [0.1, 0.15) is 35.4 Å². The highest BCUT2D eigenvalue weighted by Gasteiger charge is 2.16. The molecule has 0 unspecified atom stereocenters. The Hall–Kier alpha value is -3.30. The van der Waals surface area contributed by atoms with Crippen molar-refractivity contribution in [2.45, 2.75) is 0 Å². The number of rotatable bonds is 0. The first-order chi connectivity index (χ1) is 10.8. The van der Waals surface area contributed by atoms with Gasteiger partial charge in [-0.3, -0.25) is 0 Å². The third kappa shape index (κ3) is 1.74. The first-order valence-electron chi connectivity index (χ1n) is 5.74. The second kappa shape index (κ2) is 5.24. The first kappa shape index (κ1) is 13.7. The summed E-state index contributed by atoms with van der Waals surface area (Å²) in [6.45, 7) is 0. The maximum atomic E-state index is 9.18. The molecule has 2 aromatic heterocycles. The van der Waals surface area contributed by atoms with Gasteiger partial charge >= 0.3 is 0 Å². The van der Waals surface area contributed by atoms with Crippen molar-refractivity contribution in [3.05, 3.63) is 21.5 Å². The third-order valence-electron chi connectivity index (χ3n) is 3.01. The fraction of sp³-hybridized carbons (Fsp3) is 0. The van der Waals surface area contributed by atoms with Crippen LogP contribution in [0.3, 0.4) is 0 Å². The number of thiazole rings is 2. The van der Waals surface area contributed by atoms with Crippen molar-refractivity contribution < 1.29 is 0 Å². The largest absolute Gasteiger partial charge is 0.244 e. The zero-order chi connectivity index (χ0) is 15.7. The molecule has 0 aliphatic heterocycles. The van der Waals surface area contributed by atoms with Crippen molar-refractivity contribution in [2.24, 2.45) is 0 Å². The maximum Gasteiger partial charge on any atom is 0.140 e. The van der Waals surface area contributed by atoms with Gasteiger partial charge in [0.25, 0.3) is 0 Å². The molecule has 0 radical (unpaired) electrons. The Morgan fingerprint density at radius 3 is 1.41 bits per heavy atom. The number of hydrogen-bond acceptors (Lipinski definition) is 8. The van der Waals surface area contributed by atoms with Crippen LogP contribution in [0.2, 0.25) is 0 Å². The minimum absolute atomic E-state index is 0.0628. The van der Waals surface area contributed by atoms with Crippen molar-refractivity contribution in [1.82, 2.24) is 9.97 Å². The van der Waals surface area contributed by atoms with Crippen LogP contribution in [0.15, 0.2) is 11.0 Å². The molecular weight excluding hydrogens is 316 g/mol. The molecule has 0 aliphatic rings. The Kier molecular flexibility index (Phi) is 3.26. The van der Waals surface area contributed by atoms with Gasteiger partial charge in [-0.1, -0.05) is 0 Å². The number of benzene rings is 1. The van der Waals surface area contributed by atoms with E-state index in [1.165, 1.54) is 22.7 Å². The summed E-state index contributed by atoms with van der Waals surface area (Å²) < 4.78 is 1.16. The lowest BCUT2D eigenvalue weighted by atomic mass is 10.1. The van der Waals surface area contributed by atoms with Crippen LogP contribution in [0.1, 0.15) is 0 Å². The summed E-state index contributed by atoms with van der Waals surface area (Å²) in [7, 11) is 0. The third-order valence-corrected chi connectivity index (χ3v) is 4.70. The van der Waals surface area contributed by atoms with Gasteiger partial charge < -0.3 is 0 Å². The second-order valence-corrected chi connectivity index (χ2v) is 5.72. The molecule has 0 amide bonds. The Bertz CT molecular complexity index is 1030. The molecule has 0 saturated carbocycles. The lowest BCUT2D eigenvalue weighted by Crippen LogP contribution is -2.16. The van der Waals surface area contributed by atoms with Crippen LogP contribution in [0, 0.1) is 45.3 Å². The lowest BCUT2D eigenvalue weighted by Gasteiger charge is -1.97. The standard InChI is InChI=1S/C14H2N6S2/c15-1-7(2-16)9-11-14(22-5-19-11)10(8(3-17)4-18)12-13(9)21-6-20-12/h5-6H. The van der Waals surface area contributed by atoms with E-state index in [-0.39, 0.29) is 11.1 Å². The molecule has 6 nitrogen and oxygen atoms in total. The van der Waals surface area contributed by atoms with E-state index < -0.39 is 0 Å². The average Bonchev–Trinajstić information content (AvgIpc) is 3.19. The molecular formula is C14H2N6S2. The smallest absolute Gasteiger partial charge is 0.140 e. The Morgan fingerprint density at radius 2 is 1.09 bits per heavy atom. The normalized spacial score (nSPS) is 9.64. The number of nitrogens with zero attached hydrogens (tertiary/aromatic N) is 6. The monoisotopic (exact) mass is 318 g/mol. The molecule has 2 heterocycles. The van der Waals surface area contributed by atoms with Crippen LogP contribution in [0.5, 0.6) is 0 Å². The Balaban J connectivity index is 2.89. The molecule has 3 aromatic rings. The molecule has 0 aliphatic carbocycles.